The molecule has 1 aromatic heterocycles. The average molecular weight is 346 g/mol. The number of aromatic nitrogens is 2. The van der Waals surface area contributed by atoms with Crippen molar-refractivity contribution in [3.8, 4) is 5.75 Å². The minimum atomic E-state index is -0.409. The summed E-state index contributed by atoms with van der Waals surface area (Å²) >= 11 is 0. The number of carbonyl (C=O) groups is 1. The third kappa shape index (κ3) is 3.99. The molecular formula is C18H22N2O5. The van der Waals surface area contributed by atoms with Gasteiger partial charge in [-0.05, 0) is 30.5 Å². The highest BCUT2D eigenvalue weighted by atomic mass is 16.5. The number of methoxy groups -OCH3 is 1. The number of esters is 1. The van der Waals surface area contributed by atoms with Crippen LogP contribution in [0.4, 0.5) is 0 Å². The van der Waals surface area contributed by atoms with Gasteiger partial charge in [0.15, 0.2) is 6.61 Å². The summed E-state index contributed by atoms with van der Waals surface area (Å²) in [7, 11) is 1.34. The molecule has 2 aromatic rings. The lowest BCUT2D eigenvalue weighted by Crippen LogP contribution is -2.21. The van der Waals surface area contributed by atoms with Gasteiger partial charge in [0.1, 0.15) is 5.75 Å². The van der Waals surface area contributed by atoms with E-state index in [1.807, 2.05) is 0 Å². The third-order valence-corrected chi connectivity index (χ3v) is 4.22. The van der Waals surface area contributed by atoms with Crippen LogP contribution in [0.25, 0.3) is 0 Å². The van der Waals surface area contributed by atoms with Crippen LogP contribution in [0.1, 0.15) is 48.3 Å². The average Bonchev–Trinajstić information content (AvgIpc) is 3.28. The van der Waals surface area contributed by atoms with Gasteiger partial charge in [0, 0.05) is 6.61 Å². The Hall–Kier alpha value is -2.41. The second-order valence-corrected chi connectivity index (χ2v) is 6.33. The van der Waals surface area contributed by atoms with Crippen molar-refractivity contribution in [2.75, 3.05) is 13.7 Å². The highest BCUT2D eigenvalue weighted by Crippen LogP contribution is 2.34. The summed E-state index contributed by atoms with van der Waals surface area (Å²) in [5.74, 6) is 1.71. The second kappa shape index (κ2) is 7.65. The van der Waals surface area contributed by atoms with Gasteiger partial charge in [-0.3, -0.25) is 0 Å². The molecule has 1 aromatic carbocycles. The van der Waals surface area contributed by atoms with Crippen LogP contribution in [0, 0.1) is 5.92 Å². The van der Waals surface area contributed by atoms with Crippen LogP contribution in [0.15, 0.2) is 28.8 Å². The van der Waals surface area contributed by atoms with Gasteiger partial charge in [0.05, 0.1) is 24.7 Å². The molecule has 0 bridgehead atoms. The van der Waals surface area contributed by atoms with Gasteiger partial charge in [0.25, 0.3) is 0 Å². The van der Waals surface area contributed by atoms with E-state index in [2.05, 4.69) is 24.0 Å². The summed E-state index contributed by atoms with van der Waals surface area (Å²) in [5, 5.41) is 3.99. The molecule has 0 spiro atoms. The fourth-order valence-corrected chi connectivity index (χ4v) is 2.99. The number of hydrogen-bond acceptors (Lipinski definition) is 7. The summed E-state index contributed by atoms with van der Waals surface area (Å²) in [6.07, 6.45) is 0.984. The molecule has 2 atom stereocenters. The Kier molecular flexibility index (Phi) is 5.33. The van der Waals surface area contributed by atoms with Crippen molar-refractivity contribution in [1.29, 1.82) is 0 Å². The first kappa shape index (κ1) is 17.4. The maximum absolute atomic E-state index is 11.5. The lowest BCUT2D eigenvalue weighted by Gasteiger charge is -2.18. The second-order valence-electron chi connectivity index (χ2n) is 6.33. The Morgan fingerprint density at radius 3 is 3.00 bits per heavy atom. The van der Waals surface area contributed by atoms with E-state index in [9.17, 15) is 4.79 Å². The molecule has 0 amide bonds. The van der Waals surface area contributed by atoms with E-state index in [1.54, 1.807) is 24.3 Å². The van der Waals surface area contributed by atoms with Crippen molar-refractivity contribution >= 4 is 5.97 Å². The largest absolute Gasteiger partial charge is 0.485 e. The molecule has 7 nitrogen and oxygen atoms in total. The molecule has 134 valence electrons. The van der Waals surface area contributed by atoms with Crippen LogP contribution in [0.2, 0.25) is 0 Å². The summed E-state index contributed by atoms with van der Waals surface area (Å²) < 4.78 is 21.5. The first-order chi connectivity index (χ1) is 12.1. The Morgan fingerprint density at radius 2 is 2.24 bits per heavy atom. The van der Waals surface area contributed by atoms with Crippen LogP contribution in [0.3, 0.4) is 0 Å². The zero-order valence-corrected chi connectivity index (χ0v) is 14.6. The normalized spacial score (nSPS) is 20.0. The van der Waals surface area contributed by atoms with Gasteiger partial charge in [-0.25, -0.2) is 4.79 Å². The van der Waals surface area contributed by atoms with Gasteiger partial charge in [0.2, 0.25) is 11.7 Å². The molecular weight excluding hydrogens is 324 g/mol. The van der Waals surface area contributed by atoms with E-state index in [-0.39, 0.29) is 18.6 Å². The number of ether oxygens (including phenoxy) is 3. The fourth-order valence-electron chi connectivity index (χ4n) is 2.99. The zero-order chi connectivity index (χ0) is 17.8. The monoisotopic (exact) mass is 346 g/mol. The fraction of sp³-hybridized carbons (Fsp3) is 0.500. The van der Waals surface area contributed by atoms with Crippen LogP contribution in [0.5, 0.6) is 5.75 Å². The first-order valence-corrected chi connectivity index (χ1v) is 8.33. The third-order valence-electron chi connectivity index (χ3n) is 4.22. The van der Waals surface area contributed by atoms with E-state index in [0.717, 1.165) is 6.42 Å². The van der Waals surface area contributed by atoms with E-state index >= 15 is 0 Å². The minimum absolute atomic E-state index is 0.103. The van der Waals surface area contributed by atoms with Crippen molar-refractivity contribution in [2.24, 2.45) is 5.92 Å². The van der Waals surface area contributed by atoms with Crippen molar-refractivity contribution in [3.05, 3.63) is 41.5 Å². The Balaban J connectivity index is 1.63. The molecule has 3 rings (SSSR count). The molecule has 25 heavy (non-hydrogen) atoms. The van der Waals surface area contributed by atoms with Crippen molar-refractivity contribution in [3.63, 3.8) is 0 Å². The highest BCUT2D eigenvalue weighted by molar-refractivity contribution is 5.89. The molecule has 7 heteroatoms. The van der Waals surface area contributed by atoms with E-state index in [4.69, 9.17) is 18.7 Å². The molecule has 0 radical (unpaired) electrons. The standard InChI is InChI=1S/C18H22N2O5/c1-11(2)16-14(7-8-23-16)17-19-15(20-25-17)10-24-13-6-4-5-12(9-13)18(21)22-3/h4-6,9,11,14,16H,7-8,10H2,1-3H3/t14-,16-/m0/s1. The number of hydrogen-bond donors (Lipinski definition) is 0. The molecule has 0 N–H and O–H groups in total. The summed E-state index contributed by atoms with van der Waals surface area (Å²) in [4.78, 5) is 16.0. The highest BCUT2D eigenvalue weighted by Gasteiger charge is 2.35. The van der Waals surface area contributed by atoms with Gasteiger partial charge >= 0.3 is 5.97 Å². The summed E-state index contributed by atoms with van der Waals surface area (Å²) in [6, 6.07) is 6.77. The van der Waals surface area contributed by atoms with Gasteiger partial charge in [-0.1, -0.05) is 25.1 Å². The zero-order valence-electron chi connectivity index (χ0n) is 14.6. The number of carbonyl (C=O) groups excluding carboxylic acids is 1. The Labute approximate surface area is 146 Å². The smallest absolute Gasteiger partial charge is 0.337 e. The predicted molar refractivity (Wildman–Crippen MR) is 88.3 cm³/mol. The van der Waals surface area contributed by atoms with Crippen molar-refractivity contribution < 1.29 is 23.5 Å². The molecule has 0 aliphatic carbocycles. The molecule has 1 aliphatic rings. The van der Waals surface area contributed by atoms with E-state index in [0.29, 0.717) is 35.6 Å². The van der Waals surface area contributed by atoms with Crippen molar-refractivity contribution in [2.45, 2.75) is 38.9 Å². The van der Waals surface area contributed by atoms with Crippen LogP contribution in [-0.4, -0.2) is 35.9 Å². The van der Waals surface area contributed by atoms with E-state index in [1.165, 1.54) is 7.11 Å². The summed E-state index contributed by atoms with van der Waals surface area (Å²) in [5.41, 5.74) is 0.427. The van der Waals surface area contributed by atoms with Gasteiger partial charge in [-0.2, -0.15) is 4.98 Å². The van der Waals surface area contributed by atoms with E-state index < -0.39 is 5.97 Å². The van der Waals surface area contributed by atoms with Crippen molar-refractivity contribution in [1.82, 2.24) is 10.1 Å². The molecule has 1 fully saturated rings. The molecule has 1 aliphatic heterocycles. The maximum Gasteiger partial charge on any atom is 0.337 e. The van der Waals surface area contributed by atoms with Gasteiger partial charge < -0.3 is 18.7 Å². The Bertz CT molecular complexity index is 728. The molecule has 2 heterocycles. The lowest BCUT2D eigenvalue weighted by molar-refractivity contribution is 0.0600. The Morgan fingerprint density at radius 1 is 1.40 bits per heavy atom. The molecule has 0 saturated carbocycles. The topological polar surface area (TPSA) is 83.7 Å². The predicted octanol–water partition coefficient (Wildman–Crippen LogP) is 2.96. The SMILES string of the molecule is COC(=O)c1cccc(OCc2noc([C@H]3CCO[C@H]3C(C)C)n2)c1. The van der Waals surface area contributed by atoms with Gasteiger partial charge in [-0.15, -0.1) is 0 Å². The number of benzene rings is 1. The van der Waals surface area contributed by atoms with Crippen LogP contribution >= 0.6 is 0 Å². The molecule has 1 saturated heterocycles. The first-order valence-electron chi connectivity index (χ1n) is 8.33. The number of nitrogens with zero attached hydrogens (tertiary/aromatic N) is 2. The summed E-state index contributed by atoms with van der Waals surface area (Å²) in [6.45, 7) is 5.12. The lowest BCUT2D eigenvalue weighted by atomic mass is 9.93. The maximum atomic E-state index is 11.5. The quantitative estimate of drug-likeness (QED) is 0.744. The van der Waals surface area contributed by atoms with Crippen LogP contribution in [-0.2, 0) is 16.1 Å². The molecule has 0 unspecified atom stereocenters. The number of rotatable bonds is 6. The van der Waals surface area contributed by atoms with Crippen LogP contribution < -0.4 is 4.74 Å². The minimum Gasteiger partial charge on any atom is -0.485 e.